The van der Waals surface area contributed by atoms with E-state index in [4.69, 9.17) is 9.72 Å². The fourth-order valence-corrected chi connectivity index (χ4v) is 4.20. The van der Waals surface area contributed by atoms with Gasteiger partial charge in [0.15, 0.2) is 0 Å². The van der Waals surface area contributed by atoms with Crippen LogP contribution in [0.2, 0.25) is 0 Å². The van der Waals surface area contributed by atoms with E-state index < -0.39 is 5.97 Å². The van der Waals surface area contributed by atoms with Crippen molar-refractivity contribution in [3.05, 3.63) is 29.8 Å². The maximum atomic E-state index is 11.3. The summed E-state index contributed by atoms with van der Waals surface area (Å²) >= 11 is 0. The Morgan fingerprint density at radius 2 is 2.18 bits per heavy atom. The van der Waals surface area contributed by atoms with Gasteiger partial charge in [-0.2, -0.15) is 0 Å². The van der Waals surface area contributed by atoms with E-state index in [0.717, 1.165) is 43.6 Å². The quantitative estimate of drug-likeness (QED) is 0.460. The van der Waals surface area contributed by atoms with Gasteiger partial charge in [-0.3, -0.25) is 9.48 Å². The molecule has 3 aromatic rings. The molecule has 11 heteroatoms. The SMILES string of the molecule is CCCCn1cnc(NCc2c(-c3ccc(O[C@H]4CCC[C@H](C(=O)O)C4)c(C)n3)nnn2C)n1. The van der Waals surface area contributed by atoms with Gasteiger partial charge in [0.2, 0.25) is 5.95 Å². The molecule has 0 aliphatic heterocycles. The number of rotatable bonds is 10. The van der Waals surface area contributed by atoms with Crippen LogP contribution < -0.4 is 10.1 Å². The molecule has 11 nitrogen and oxygen atoms in total. The third kappa shape index (κ3) is 5.52. The monoisotopic (exact) mass is 468 g/mol. The molecule has 34 heavy (non-hydrogen) atoms. The standard InChI is InChI=1S/C23H32N8O3/c1-4-5-11-31-14-25-23(28-31)24-13-19-21(27-29-30(19)3)18-9-10-20(15(2)26-18)34-17-8-6-7-16(12-17)22(32)33/h9-10,14,16-17H,4-8,11-13H2,1-3H3,(H,24,28)(H,32,33)/t16-,17-/m0/s1. The number of carbonyl (C=O) groups is 1. The first-order valence-corrected chi connectivity index (χ1v) is 11.8. The van der Waals surface area contributed by atoms with Gasteiger partial charge in [0.25, 0.3) is 0 Å². The predicted octanol–water partition coefficient (Wildman–Crippen LogP) is 3.21. The number of pyridine rings is 1. The molecule has 4 rings (SSSR count). The second kappa shape index (κ2) is 10.6. The fraction of sp³-hybridized carbons (Fsp3) is 0.565. The molecule has 1 aliphatic rings. The Kier molecular flexibility index (Phi) is 7.39. The summed E-state index contributed by atoms with van der Waals surface area (Å²) < 4.78 is 9.68. The third-order valence-corrected chi connectivity index (χ3v) is 6.18. The van der Waals surface area contributed by atoms with Crippen LogP contribution in [0.5, 0.6) is 5.75 Å². The van der Waals surface area contributed by atoms with E-state index in [2.05, 4.69) is 32.6 Å². The number of carboxylic acid groups (broad SMARTS) is 1. The van der Waals surface area contributed by atoms with E-state index in [1.165, 1.54) is 0 Å². The van der Waals surface area contributed by atoms with Gasteiger partial charge >= 0.3 is 5.97 Å². The van der Waals surface area contributed by atoms with Gasteiger partial charge in [-0.1, -0.05) is 18.6 Å². The first kappa shape index (κ1) is 23.7. The van der Waals surface area contributed by atoms with Crippen molar-refractivity contribution in [2.75, 3.05) is 5.32 Å². The number of unbranched alkanes of at least 4 members (excludes halogenated alkanes) is 1. The molecule has 2 atom stereocenters. The van der Waals surface area contributed by atoms with Crippen LogP contribution in [0.4, 0.5) is 5.95 Å². The lowest BCUT2D eigenvalue weighted by Gasteiger charge is -2.27. The number of ether oxygens (including phenoxy) is 1. The molecule has 1 saturated carbocycles. The zero-order chi connectivity index (χ0) is 24.1. The normalized spacial score (nSPS) is 18.1. The molecule has 0 unspecified atom stereocenters. The van der Waals surface area contributed by atoms with Crippen LogP contribution in [-0.4, -0.2) is 51.9 Å². The highest BCUT2D eigenvalue weighted by Crippen LogP contribution is 2.30. The van der Waals surface area contributed by atoms with Crippen LogP contribution in [0.1, 0.15) is 56.8 Å². The molecule has 182 valence electrons. The van der Waals surface area contributed by atoms with E-state index in [-0.39, 0.29) is 12.0 Å². The molecule has 1 fully saturated rings. The van der Waals surface area contributed by atoms with E-state index in [9.17, 15) is 9.90 Å². The second-order valence-electron chi connectivity index (χ2n) is 8.77. The Labute approximate surface area is 198 Å². The zero-order valence-electron chi connectivity index (χ0n) is 19.9. The van der Waals surface area contributed by atoms with Crippen LogP contribution in [0.25, 0.3) is 11.4 Å². The average Bonchev–Trinajstić information content (AvgIpc) is 3.44. The van der Waals surface area contributed by atoms with Gasteiger partial charge in [-0.25, -0.2) is 14.6 Å². The molecule has 0 amide bonds. The highest BCUT2D eigenvalue weighted by atomic mass is 16.5. The highest BCUT2D eigenvalue weighted by Gasteiger charge is 2.28. The third-order valence-electron chi connectivity index (χ3n) is 6.18. The number of anilines is 1. The van der Waals surface area contributed by atoms with Gasteiger partial charge in [0.05, 0.1) is 35.6 Å². The number of aromatic nitrogens is 7. The molecule has 3 aromatic heterocycles. The lowest BCUT2D eigenvalue weighted by atomic mass is 9.87. The fourth-order valence-electron chi connectivity index (χ4n) is 4.20. The van der Waals surface area contributed by atoms with Gasteiger partial charge in [0.1, 0.15) is 17.8 Å². The van der Waals surface area contributed by atoms with Crippen molar-refractivity contribution < 1.29 is 14.6 Å². The Hall–Kier alpha value is -3.50. The van der Waals surface area contributed by atoms with Crippen LogP contribution in [-0.2, 0) is 24.9 Å². The summed E-state index contributed by atoms with van der Waals surface area (Å²) in [6.07, 6.45) is 6.73. The summed E-state index contributed by atoms with van der Waals surface area (Å²) in [7, 11) is 1.84. The summed E-state index contributed by atoms with van der Waals surface area (Å²) in [5.74, 6) is 0.146. The first-order chi connectivity index (χ1) is 16.4. The number of carboxylic acids is 1. The van der Waals surface area contributed by atoms with Crippen molar-refractivity contribution >= 4 is 11.9 Å². The number of nitrogens with zero attached hydrogens (tertiary/aromatic N) is 7. The molecule has 3 heterocycles. The van der Waals surface area contributed by atoms with E-state index >= 15 is 0 Å². The highest BCUT2D eigenvalue weighted by molar-refractivity contribution is 5.70. The van der Waals surface area contributed by atoms with Crippen LogP contribution in [0.3, 0.4) is 0 Å². The van der Waals surface area contributed by atoms with Gasteiger partial charge < -0.3 is 15.2 Å². The molecule has 0 spiro atoms. The van der Waals surface area contributed by atoms with Gasteiger partial charge in [0, 0.05) is 13.6 Å². The smallest absolute Gasteiger partial charge is 0.306 e. The van der Waals surface area contributed by atoms with Crippen molar-refractivity contribution in [1.29, 1.82) is 0 Å². The minimum Gasteiger partial charge on any atom is -0.489 e. The van der Waals surface area contributed by atoms with Crippen molar-refractivity contribution in [3.8, 4) is 17.1 Å². The summed E-state index contributed by atoms with van der Waals surface area (Å²) in [6, 6.07) is 3.75. The molecule has 2 N–H and O–H groups in total. The zero-order valence-corrected chi connectivity index (χ0v) is 19.9. The van der Waals surface area contributed by atoms with Crippen molar-refractivity contribution in [1.82, 2.24) is 34.7 Å². The lowest BCUT2D eigenvalue weighted by molar-refractivity contribution is -0.143. The molecule has 0 bridgehead atoms. The summed E-state index contributed by atoms with van der Waals surface area (Å²) in [6.45, 7) is 5.33. The van der Waals surface area contributed by atoms with Crippen LogP contribution in [0, 0.1) is 12.8 Å². The van der Waals surface area contributed by atoms with E-state index in [1.807, 2.05) is 30.8 Å². The topological polar surface area (TPSA) is 133 Å². The minimum atomic E-state index is -0.745. The number of nitrogens with one attached hydrogen (secondary N) is 1. The number of hydrogen-bond donors (Lipinski definition) is 2. The number of hydrogen-bond acceptors (Lipinski definition) is 8. The first-order valence-electron chi connectivity index (χ1n) is 11.8. The Bertz CT molecular complexity index is 1130. The van der Waals surface area contributed by atoms with Crippen LogP contribution in [0.15, 0.2) is 18.5 Å². The molecule has 0 radical (unpaired) electrons. The largest absolute Gasteiger partial charge is 0.489 e. The Morgan fingerprint density at radius 1 is 1.32 bits per heavy atom. The maximum absolute atomic E-state index is 11.3. The van der Waals surface area contributed by atoms with Gasteiger partial charge in [-0.05, 0) is 51.2 Å². The second-order valence-corrected chi connectivity index (χ2v) is 8.77. The average molecular weight is 469 g/mol. The molecule has 1 aliphatic carbocycles. The molecule has 0 aromatic carbocycles. The lowest BCUT2D eigenvalue weighted by Crippen LogP contribution is -2.29. The van der Waals surface area contributed by atoms with Crippen LogP contribution >= 0.6 is 0 Å². The maximum Gasteiger partial charge on any atom is 0.306 e. The summed E-state index contributed by atoms with van der Waals surface area (Å²) in [5.41, 5.74) is 2.97. The van der Waals surface area contributed by atoms with Crippen molar-refractivity contribution in [3.63, 3.8) is 0 Å². The molecular weight excluding hydrogens is 436 g/mol. The van der Waals surface area contributed by atoms with Crippen molar-refractivity contribution in [2.45, 2.75) is 71.6 Å². The predicted molar refractivity (Wildman–Crippen MR) is 125 cm³/mol. The molecular formula is C23H32N8O3. The minimum absolute atomic E-state index is 0.109. The Morgan fingerprint density at radius 3 is 2.94 bits per heavy atom. The Balaban J connectivity index is 1.44. The number of aryl methyl sites for hydroxylation is 3. The molecule has 0 saturated heterocycles. The summed E-state index contributed by atoms with van der Waals surface area (Å²) in [5, 5.41) is 25.5. The van der Waals surface area contributed by atoms with E-state index in [1.54, 1.807) is 11.0 Å². The number of aliphatic carboxylic acids is 1. The van der Waals surface area contributed by atoms with Crippen molar-refractivity contribution in [2.24, 2.45) is 13.0 Å². The summed E-state index contributed by atoms with van der Waals surface area (Å²) in [4.78, 5) is 20.4. The van der Waals surface area contributed by atoms with E-state index in [0.29, 0.717) is 42.5 Å². The van der Waals surface area contributed by atoms with Gasteiger partial charge in [-0.15, -0.1) is 10.2 Å².